The Morgan fingerprint density at radius 1 is 1.21 bits per heavy atom. The second-order valence-electron chi connectivity index (χ2n) is 5.05. The number of hydrogen-bond acceptors (Lipinski definition) is 2. The fraction of sp³-hybridized carbons (Fsp3) is 1.00. The maximum atomic E-state index is 6.11. The van der Waals surface area contributed by atoms with E-state index < -0.39 is 0 Å². The molecule has 1 aliphatic carbocycles. The van der Waals surface area contributed by atoms with Gasteiger partial charge in [-0.1, -0.05) is 13.3 Å². The summed E-state index contributed by atoms with van der Waals surface area (Å²) in [6.07, 6.45) is 9.44. The average Bonchev–Trinajstić information content (AvgIpc) is 2.63. The Bertz CT molecular complexity index is 185. The van der Waals surface area contributed by atoms with Gasteiger partial charge in [0.25, 0.3) is 0 Å². The SMILES string of the molecule is CCC1CCC2(CC1)CC[C@@H](CN)O2. The highest BCUT2D eigenvalue weighted by atomic mass is 16.5. The highest BCUT2D eigenvalue weighted by Crippen LogP contribution is 2.43. The standard InChI is InChI=1S/C12H23NO/c1-2-10-3-6-12(7-4-10)8-5-11(9-13)14-12/h10-11H,2-9,13H2,1H3/t10?,11-,12?/m0/s1. The van der Waals surface area contributed by atoms with Crippen molar-refractivity contribution < 1.29 is 4.74 Å². The van der Waals surface area contributed by atoms with Gasteiger partial charge in [0, 0.05) is 6.54 Å². The fourth-order valence-corrected chi connectivity index (χ4v) is 3.04. The summed E-state index contributed by atoms with van der Waals surface area (Å²) in [5, 5.41) is 0. The summed E-state index contributed by atoms with van der Waals surface area (Å²) >= 11 is 0. The van der Waals surface area contributed by atoms with Crippen molar-refractivity contribution in [2.45, 2.75) is 63.6 Å². The quantitative estimate of drug-likeness (QED) is 0.738. The molecule has 0 aromatic heterocycles. The Balaban J connectivity index is 1.87. The number of hydrogen-bond donors (Lipinski definition) is 1. The highest BCUT2D eigenvalue weighted by Gasteiger charge is 2.41. The summed E-state index contributed by atoms with van der Waals surface area (Å²) in [7, 11) is 0. The van der Waals surface area contributed by atoms with Crippen molar-refractivity contribution in [3.63, 3.8) is 0 Å². The zero-order chi connectivity index (χ0) is 10.0. The molecule has 0 bridgehead atoms. The molecular formula is C12H23NO. The molecule has 0 radical (unpaired) electrons. The maximum Gasteiger partial charge on any atom is 0.0705 e. The van der Waals surface area contributed by atoms with Crippen LogP contribution in [-0.2, 0) is 4.74 Å². The Labute approximate surface area is 87.2 Å². The lowest BCUT2D eigenvalue weighted by Crippen LogP contribution is -2.35. The zero-order valence-electron chi connectivity index (χ0n) is 9.30. The van der Waals surface area contributed by atoms with Crippen LogP contribution in [0.25, 0.3) is 0 Å². The van der Waals surface area contributed by atoms with Crippen LogP contribution < -0.4 is 5.73 Å². The lowest BCUT2D eigenvalue weighted by Gasteiger charge is -2.36. The largest absolute Gasteiger partial charge is 0.370 e. The Morgan fingerprint density at radius 2 is 1.86 bits per heavy atom. The van der Waals surface area contributed by atoms with Crippen molar-refractivity contribution in [2.24, 2.45) is 11.7 Å². The molecule has 0 aromatic rings. The normalized spacial score (nSPS) is 43.3. The molecular weight excluding hydrogens is 174 g/mol. The lowest BCUT2D eigenvalue weighted by molar-refractivity contribution is -0.0681. The molecule has 1 heterocycles. The van der Waals surface area contributed by atoms with E-state index in [1.165, 1.54) is 44.9 Å². The number of ether oxygens (including phenoxy) is 1. The third kappa shape index (κ3) is 1.96. The molecule has 1 aliphatic heterocycles. The molecule has 2 fully saturated rings. The van der Waals surface area contributed by atoms with Gasteiger partial charge in [-0.25, -0.2) is 0 Å². The topological polar surface area (TPSA) is 35.2 Å². The van der Waals surface area contributed by atoms with Gasteiger partial charge in [-0.2, -0.15) is 0 Å². The van der Waals surface area contributed by atoms with Crippen molar-refractivity contribution in [3.8, 4) is 0 Å². The first-order chi connectivity index (χ1) is 6.78. The molecule has 1 saturated heterocycles. The molecule has 1 saturated carbocycles. The molecule has 2 N–H and O–H groups in total. The number of nitrogens with two attached hydrogens (primary N) is 1. The van der Waals surface area contributed by atoms with Gasteiger partial charge < -0.3 is 10.5 Å². The molecule has 0 aromatic carbocycles. The summed E-state index contributed by atoms with van der Waals surface area (Å²) in [5.74, 6) is 0.959. The lowest BCUT2D eigenvalue weighted by atomic mass is 9.76. The van der Waals surface area contributed by atoms with Crippen LogP contribution >= 0.6 is 0 Å². The van der Waals surface area contributed by atoms with E-state index in [9.17, 15) is 0 Å². The van der Waals surface area contributed by atoms with Crippen LogP contribution in [0.5, 0.6) is 0 Å². The van der Waals surface area contributed by atoms with Crippen LogP contribution in [0.2, 0.25) is 0 Å². The van der Waals surface area contributed by atoms with E-state index in [1.807, 2.05) is 0 Å². The molecule has 2 aliphatic rings. The molecule has 0 amide bonds. The first-order valence-corrected chi connectivity index (χ1v) is 6.16. The Morgan fingerprint density at radius 3 is 2.36 bits per heavy atom. The van der Waals surface area contributed by atoms with Crippen LogP contribution in [0.15, 0.2) is 0 Å². The van der Waals surface area contributed by atoms with Crippen LogP contribution in [0.1, 0.15) is 51.9 Å². The van der Waals surface area contributed by atoms with Gasteiger partial charge >= 0.3 is 0 Å². The molecule has 14 heavy (non-hydrogen) atoms. The summed E-state index contributed by atoms with van der Waals surface area (Å²) in [6.45, 7) is 3.01. The Kier molecular flexibility index (Phi) is 3.13. The predicted octanol–water partition coefficient (Wildman–Crippen LogP) is 2.46. The van der Waals surface area contributed by atoms with E-state index in [0.29, 0.717) is 12.6 Å². The predicted molar refractivity (Wildman–Crippen MR) is 58.1 cm³/mol. The molecule has 1 spiro atoms. The minimum absolute atomic E-state index is 0.246. The van der Waals surface area contributed by atoms with Crippen molar-refractivity contribution in [2.75, 3.05) is 6.54 Å². The van der Waals surface area contributed by atoms with E-state index in [0.717, 1.165) is 5.92 Å². The average molecular weight is 197 g/mol. The van der Waals surface area contributed by atoms with E-state index in [1.54, 1.807) is 0 Å². The van der Waals surface area contributed by atoms with Crippen molar-refractivity contribution in [1.29, 1.82) is 0 Å². The van der Waals surface area contributed by atoms with E-state index in [-0.39, 0.29) is 5.60 Å². The molecule has 2 rings (SSSR count). The third-order valence-corrected chi connectivity index (χ3v) is 4.20. The van der Waals surface area contributed by atoms with Crippen LogP contribution in [-0.4, -0.2) is 18.2 Å². The molecule has 2 heteroatoms. The van der Waals surface area contributed by atoms with Gasteiger partial charge in [-0.3, -0.25) is 0 Å². The maximum absolute atomic E-state index is 6.11. The highest BCUT2D eigenvalue weighted by molar-refractivity contribution is 4.93. The van der Waals surface area contributed by atoms with Gasteiger partial charge in [-0.05, 0) is 44.4 Å². The van der Waals surface area contributed by atoms with Crippen molar-refractivity contribution >= 4 is 0 Å². The molecule has 0 unspecified atom stereocenters. The summed E-state index contributed by atoms with van der Waals surface area (Å²) in [6, 6.07) is 0. The van der Waals surface area contributed by atoms with Gasteiger partial charge in [0.15, 0.2) is 0 Å². The van der Waals surface area contributed by atoms with Crippen molar-refractivity contribution in [3.05, 3.63) is 0 Å². The first kappa shape index (κ1) is 10.4. The summed E-state index contributed by atoms with van der Waals surface area (Å²) in [5.41, 5.74) is 5.90. The second kappa shape index (κ2) is 4.19. The van der Waals surface area contributed by atoms with Gasteiger partial charge in [0.2, 0.25) is 0 Å². The van der Waals surface area contributed by atoms with Gasteiger partial charge in [0.05, 0.1) is 11.7 Å². The fourth-order valence-electron chi connectivity index (χ4n) is 3.04. The smallest absolute Gasteiger partial charge is 0.0705 e. The minimum atomic E-state index is 0.246. The van der Waals surface area contributed by atoms with Crippen LogP contribution in [0, 0.1) is 5.92 Å². The summed E-state index contributed by atoms with van der Waals surface area (Å²) in [4.78, 5) is 0. The molecule has 2 nitrogen and oxygen atoms in total. The van der Waals surface area contributed by atoms with E-state index in [4.69, 9.17) is 10.5 Å². The third-order valence-electron chi connectivity index (χ3n) is 4.20. The molecule has 82 valence electrons. The number of rotatable bonds is 2. The minimum Gasteiger partial charge on any atom is -0.370 e. The van der Waals surface area contributed by atoms with E-state index in [2.05, 4.69) is 6.92 Å². The van der Waals surface area contributed by atoms with Crippen molar-refractivity contribution in [1.82, 2.24) is 0 Å². The second-order valence-corrected chi connectivity index (χ2v) is 5.05. The zero-order valence-corrected chi connectivity index (χ0v) is 9.30. The van der Waals surface area contributed by atoms with Gasteiger partial charge in [0.1, 0.15) is 0 Å². The van der Waals surface area contributed by atoms with Gasteiger partial charge in [-0.15, -0.1) is 0 Å². The monoisotopic (exact) mass is 197 g/mol. The summed E-state index contributed by atoms with van der Waals surface area (Å²) < 4.78 is 6.11. The molecule has 1 atom stereocenters. The Hall–Kier alpha value is -0.0800. The van der Waals surface area contributed by atoms with E-state index >= 15 is 0 Å². The van der Waals surface area contributed by atoms with Crippen LogP contribution in [0.4, 0.5) is 0 Å². The van der Waals surface area contributed by atoms with Crippen LogP contribution in [0.3, 0.4) is 0 Å². The first-order valence-electron chi connectivity index (χ1n) is 6.16.